The molecule has 0 amide bonds. The van der Waals surface area contributed by atoms with Crippen LogP contribution in [-0.2, 0) is 13.5 Å². The summed E-state index contributed by atoms with van der Waals surface area (Å²) in [5, 5.41) is 0. The quantitative estimate of drug-likeness (QED) is 0.108. The molecule has 2 nitrogen and oxygen atoms in total. The van der Waals surface area contributed by atoms with Crippen LogP contribution in [0.3, 0.4) is 0 Å². The van der Waals surface area contributed by atoms with E-state index in [1.165, 1.54) is 84.0 Å². The van der Waals surface area contributed by atoms with E-state index in [9.17, 15) is 0 Å². The number of nitrogens with zero attached hydrogens (tertiary/aromatic N) is 2. The van der Waals surface area contributed by atoms with Gasteiger partial charge in [0, 0.05) is 19.3 Å². The van der Waals surface area contributed by atoms with Gasteiger partial charge < -0.3 is 9.80 Å². The molecular formula is C54H69Cl2N2PRu. The molecule has 1 aliphatic heterocycles. The Labute approximate surface area is 378 Å². The van der Waals surface area contributed by atoms with Crippen LogP contribution in [0.5, 0.6) is 0 Å². The number of benzene rings is 4. The number of hydrogen-bond donors (Lipinski definition) is 0. The number of halogens is 2. The monoisotopic (exact) mass is 948 g/mol. The first kappa shape index (κ1) is 45.5. The van der Waals surface area contributed by atoms with E-state index in [-0.39, 0.29) is 7.92 Å². The summed E-state index contributed by atoms with van der Waals surface area (Å²) < 4.78 is 1.12. The summed E-state index contributed by atoms with van der Waals surface area (Å²) in [7, 11) is 12.3. The standard InChI is InChI=1S/C21H25N2.C18H33P.C15H10.2ClH.Ru/c1-14-9-16(3)20(17(4)10-14)22-7-8-23(13-22)21-18(5)11-15(2)12-19(21)6;1-4-10-16(11-5-1)19(17-12-6-2-7-13-17)18-14-8-3-9-15-18;1-2-6-12(7-3-1)15-11-10-13-8-4-5-9-14(13)15;;;/h7-13H,1-6H3;16-18H,1-15H2;1-9,11H;2*1H;/q-1;;;;;+2/p-1. The SMILES string of the molecule is C1CCC([PH+](C2CCCCC2)C2CCCCC2)CC1.Cc1cc(C)c(N2C=CN(c3c(C)cc(C)cc3C)[CH-]2)c(C)c1.[Cl][Ru]([Cl])=[C]1C=C(c2ccccc2)c2ccccc21. The second-order valence-corrected chi connectivity index (χ2v) is 27.5. The van der Waals surface area contributed by atoms with E-state index in [0.29, 0.717) is 0 Å². The van der Waals surface area contributed by atoms with Gasteiger partial charge in [0.25, 0.3) is 0 Å². The molecule has 9 rings (SSSR count). The van der Waals surface area contributed by atoms with Crippen molar-refractivity contribution >= 4 is 48.4 Å². The van der Waals surface area contributed by atoms with Crippen molar-refractivity contribution in [2.24, 2.45) is 0 Å². The third kappa shape index (κ3) is 11.2. The van der Waals surface area contributed by atoms with E-state index in [4.69, 9.17) is 19.4 Å². The molecule has 4 aromatic rings. The van der Waals surface area contributed by atoms with Crippen LogP contribution in [0.2, 0.25) is 0 Å². The molecule has 0 saturated heterocycles. The molecule has 0 unspecified atom stereocenters. The maximum atomic E-state index is 6.19. The average Bonchev–Trinajstić information content (AvgIpc) is 3.88. The molecule has 5 aliphatic rings. The van der Waals surface area contributed by atoms with Crippen LogP contribution in [0, 0.1) is 48.2 Å². The van der Waals surface area contributed by atoms with Crippen LogP contribution in [0.15, 0.2) is 97.3 Å². The van der Waals surface area contributed by atoms with Gasteiger partial charge in [-0.25, -0.2) is 0 Å². The van der Waals surface area contributed by atoms with E-state index < -0.39 is 13.5 Å². The van der Waals surface area contributed by atoms with E-state index in [1.54, 1.807) is 96.3 Å². The number of hydrogen-bond acceptors (Lipinski definition) is 2. The summed E-state index contributed by atoms with van der Waals surface area (Å²) in [5.74, 6) is 0. The first-order valence-electron chi connectivity index (χ1n) is 22.9. The van der Waals surface area contributed by atoms with Crippen LogP contribution >= 0.6 is 27.3 Å². The number of fused-ring (bicyclic) bond motifs is 1. The maximum absolute atomic E-state index is 6.19. The van der Waals surface area contributed by atoms with Crippen LogP contribution < -0.4 is 9.80 Å². The number of rotatable bonds is 6. The first-order valence-corrected chi connectivity index (χ1v) is 30.0. The van der Waals surface area contributed by atoms with Crippen molar-refractivity contribution in [1.82, 2.24) is 0 Å². The zero-order valence-corrected chi connectivity index (χ0v) is 41.4. The molecule has 6 heteroatoms. The third-order valence-electron chi connectivity index (χ3n) is 13.6. The van der Waals surface area contributed by atoms with Crippen molar-refractivity contribution in [3.05, 3.63) is 154 Å². The molecule has 0 spiro atoms. The van der Waals surface area contributed by atoms with Crippen molar-refractivity contribution in [3.63, 3.8) is 0 Å². The summed E-state index contributed by atoms with van der Waals surface area (Å²) in [4.78, 5) is 4.45. The van der Waals surface area contributed by atoms with Crippen molar-refractivity contribution in [2.45, 2.75) is 155 Å². The normalized spacial score (nSPS) is 18.8. The van der Waals surface area contributed by atoms with Crippen molar-refractivity contribution in [1.29, 1.82) is 0 Å². The van der Waals surface area contributed by atoms with Crippen LogP contribution in [0.25, 0.3) is 5.57 Å². The molecule has 4 aliphatic carbocycles. The molecule has 0 radical (unpaired) electrons. The van der Waals surface area contributed by atoms with E-state index in [0.717, 1.165) is 4.11 Å². The van der Waals surface area contributed by atoms with Gasteiger partial charge in [-0.05, 0) is 153 Å². The molecule has 60 heavy (non-hydrogen) atoms. The Balaban J connectivity index is 0.000000137. The topological polar surface area (TPSA) is 6.48 Å². The summed E-state index contributed by atoms with van der Waals surface area (Å²) in [6, 6.07) is 27.7. The molecular weight excluding hydrogens is 880 g/mol. The molecule has 1 heterocycles. The van der Waals surface area contributed by atoms with Gasteiger partial charge in [0.15, 0.2) is 0 Å². The third-order valence-corrected chi connectivity index (χ3v) is 21.3. The Morgan fingerprint density at radius 2 is 0.900 bits per heavy atom. The Kier molecular flexibility index (Phi) is 16.5. The fraction of sp³-hybridized carbons (Fsp3) is 0.444. The molecule has 3 saturated carbocycles. The second-order valence-electron chi connectivity index (χ2n) is 18.2. The molecule has 4 aromatic carbocycles. The zero-order valence-electron chi connectivity index (χ0n) is 37.2. The molecule has 0 N–H and O–H groups in total. The molecule has 3 fully saturated rings. The Morgan fingerprint density at radius 3 is 1.30 bits per heavy atom. The van der Waals surface area contributed by atoms with Crippen LogP contribution in [0.1, 0.15) is 146 Å². The average molecular weight is 949 g/mol. The summed E-state index contributed by atoms with van der Waals surface area (Å²) in [6.45, 7) is 15.2. The molecule has 322 valence electrons. The first-order chi connectivity index (χ1) is 29.1. The Bertz CT molecular complexity index is 2000. The van der Waals surface area contributed by atoms with Gasteiger partial charge in [0.05, 0.1) is 17.0 Å². The molecule has 0 aromatic heterocycles. The molecule has 0 bridgehead atoms. The van der Waals surface area contributed by atoms with Gasteiger partial charge in [-0.15, -0.1) is 6.67 Å². The number of aryl methyl sites for hydroxylation is 6. The predicted octanol–water partition coefficient (Wildman–Crippen LogP) is 16.2. The van der Waals surface area contributed by atoms with Crippen molar-refractivity contribution in [2.75, 3.05) is 9.80 Å². The van der Waals surface area contributed by atoms with E-state index >= 15 is 0 Å². The van der Waals surface area contributed by atoms with Gasteiger partial charge in [-0.2, -0.15) is 0 Å². The second kappa shape index (κ2) is 21.7. The summed E-state index contributed by atoms with van der Waals surface area (Å²) in [5.41, 5.74) is 19.0. The molecule has 0 atom stereocenters. The Morgan fingerprint density at radius 1 is 0.517 bits per heavy atom. The number of allylic oxidation sites excluding steroid dienone is 1. The van der Waals surface area contributed by atoms with Gasteiger partial charge in [0.2, 0.25) is 0 Å². The summed E-state index contributed by atoms with van der Waals surface area (Å²) in [6.07, 6.45) is 30.2. The van der Waals surface area contributed by atoms with E-state index in [1.807, 2.05) is 24.3 Å². The summed E-state index contributed by atoms with van der Waals surface area (Å²) >= 11 is -1.88. The van der Waals surface area contributed by atoms with Gasteiger partial charge in [-0.1, -0.05) is 54.7 Å². The minimum absolute atomic E-state index is 0.0465. The van der Waals surface area contributed by atoms with Crippen LogP contribution in [-0.4, -0.2) is 21.1 Å². The minimum atomic E-state index is -1.88. The Hall–Kier alpha value is -2.54. The van der Waals surface area contributed by atoms with Gasteiger partial charge in [-0.3, -0.25) is 0 Å². The van der Waals surface area contributed by atoms with Crippen molar-refractivity contribution in [3.8, 4) is 0 Å². The fourth-order valence-corrected chi connectivity index (χ4v) is 19.0. The fourth-order valence-electron chi connectivity index (χ4n) is 11.3. The van der Waals surface area contributed by atoms with E-state index in [2.05, 4.69) is 131 Å². The van der Waals surface area contributed by atoms with Gasteiger partial charge >= 0.3 is 120 Å². The zero-order chi connectivity index (χ0) is 42.2. The van der Waals surface area contributed by atoms with Gasteiger partial charge in [0.1, 0.15) is 0 Å². The number of anilines is 2. The van der Waals surface area contributed by atoms with Crippen molar-refractivity contribution < 1.29 is 13.5 Å². The van der Waals surface area contributed by atoms with Crippen LogP contribution in [0.4, 0.5) is 11.4 Å². The predicted molar refractivity (Wildman–Crippen MR) is 264 cm³/mol.